The molecule has 0 unspecified atom stereocenters. The van der Waals surface area contributed by atoms with E-state index in [1.54, 1.807) is 29.5 Å². The highest BCUT2D eigenvalue weighted by Crippen LogP contribution is 2.33. The molecular weight excluding hydrogens is 376 g/mol. The first-order valence-corrected chi connectivity index (χ1v) is 10.0. The third kappa shape index (κ3) is 4.02. The largest absolute Gasteiger partial charge is 0.319 e. The molecule has 28 heavy (non-hydrogen) atoms. The second-order valence-corrected chi connectivity index (χ2v) is 7.98. The van der Waals surface area contributed by atoms with Crippen molar-refractivity contribution in [2.75, 3.05) is 25.0 Å². The average molecular weight is 396 g/mol. The molecule has 1 aromatic heterocycles. The summed E-state index contributed by atoms with van der Waals surface area (Å²) < 4.78 is 1.18. The van der Waals surface area contributed by atoms with Crippen molar-refractivity contribution in [3.05, 3.63) is 63.7 Å². The Morgan fingerprint density at radius 2 is 2.04 bits per heavy atom. The molecule has 1 atom stereocenters. The number of amides is 1. The summed E-state index contributed by atoms with van der Waals surface area (Å²) in [6.07, 6.45) is 2.06. The first-order valence-electron chi connectivity index (χ1n) is 9.21. The monoisotopic (exact) mass is 396 g/mol. The van der Waals surface area contributed by atoms with E-state index in [2.05, 4.69) is 16.3 Å². The number of thiazole rings is 1. The number of hydrogen-bond donors (Lipinski definition) is 1. The molecule has 1 aliphatic heterocycles. The van der Waals surface area contributed by atoms with Gasteiger partial charge in [-0.2, -0.15) is 0 Å². The van der Waals surface area contributed by atoms with Gasteiger partial charge in [-0.3, -0.25) is 19.8 Å². The summed E-state index contributed by atoms with van der Waals surface area (Å²) >= 11 is 1.72. The number of carbonyl (C=O) groups excluding carboxylic acids is 1. The van der Waals surface area contributed by atoms with Crippen LogP contribution in [0.2, 0.25) is 0 Å². The van der Waals surface area contributed by atoms with Crippen LogP contribution in [0.25, 0.3) is 10.2 Å². The average Bonchev–Trinajstić information content (AvgIpc) is 3.13. The molecule has 1 aliphatic rings. The summed E-state index contributed by atoms with van der Waals surface area (Å²) in [7, 11) is 0. The van der Waals surface area contributed by atoms with Gasteiger partial charge < -0.3 is 5.32 Å². The molecule has 4 rings (SSSR count). The van der Waals surface area contributed by atoms with E-state index >= 15 is 0 Å². The first kappa shape index (κ1) is 18.5. The summed E-state index contributed by atoms with van der Waals surface area (Å²) in [5, 5.41) is 14.9. The number of aromatic nitrogens is 1. The predicted molar refractivity (Wildman–Crippen MR) is 110 cm³/mol. The maximum atomic E-state index is 12.5. The molecule has 2 heterocycles. The van der Waals surface area contributed by atoms with Gasteiger partial charge in [0.1, 0.15) is 5.69 Å². The molecule has 0 aliphatic carbocycles. The quantitative estimate of drug-likeness (QED) is 0.520. The van der Waals surface area contributed by atoms with Gasteiger partial charge in [-0.15, -0.1) is 11.3 Å². The first-order chi connectivity index (χ1) is 13.6. The lowest BCUT2D eigenvalue weighted by Gasteiger charge is -2.31. The zero-order valence-corrected chi connectivity index (χ0v) is 16.0. The van der Waals surface area contributed by atoms with E-state index < -0.39 is 4.92 Å². The molecule has 7 nitrogen and oxygen atoms in total. The molecule has 1 N–H and O–H groups in total. The van der Waals surface area contributed by atoms with Crippen molar-refractivity contribution in [1.29, 1.82) is 0 Å². The van der Waals surface area contributed by atoms with Crippen molar-refractivity contribution in [3.63, 3.8) is 0 Å². The number of rotatable bonds is 5. The van der Waals surface area contributed by atoms with Crippen molar-refractivity contribution in [1.82, 2.24) is 9.88 Å². The standard InChI is InChI=1S/C20H20N4O3S/c25-19(21-15-7-1-3-9-17(15)24(26)27)13-23-11-5-6-14(12-23)20-22-16-8-2-4-10-18(16)28-20/h1-4,7-10,14H,5-6,11-13H2,(H,21,25)/t14-/m1/s1. The predicted octanol–water partition coefficient (Wildman–Crippen LogP) is 4.02. The fourth-order valence-electron chi connectivity index (χ4n) is 3.60. The number of carbonyl (C=O) groups is 1. The highest BCUT2D eigenvalue weighted by atomic mass is 32.1. The summed E-state index contributed by atoms with van der Waals surface area (Å²) in [6, 6.07) is 14.3. The van der Waals surface area contributed by atoms with Crippen LogP contribution in [-0.2, 0) is 4.79 Å². The number of nitrogens with zero attached hydrogens (tertiary/aromatic N) is 3. The Morgan fingerprint density at radius 1 is 1.25 bits per heavy atom. The Morgan fingerprint density at radius 3 is 2.86 bits per heavy atom. The zero-order chi connectivity index (χ0) is 19.5. The van der Waals surface area contributed by atoms with Crippen LogP contribution < -0.4 is 5.32 Å². The number of nitro benzene ring substituents is 1. The van der Waals surface area contributed by atoms with Gasteiger partial charge in [0, 0.05) is 18.5 Å². The Hall–Kier alpha value is -2.84. The highest BCUT2D eigenvalue weighted by Gasteiger charge is 2.26. The van der Waals surface area contributed by atoms with E-state index in [1.165, 1.54) is 10.8 Å². The van der Waals surface area contributed by atoms with Crippen LogP contribution in [0.3, 0.4) is 0 Å². The van der Waals surface area contributed by atoms with Gasteiger partial charge in [0.25, 0.3) is 5.69 Å². The van der Waals surface area contributed by atoms with Gasteiger partial charge in [0.05, 0.1) is 26.7 Å². The van der Waals surface area contributed by atoms with E-state index in [9.17, 15) is 14.9 Å². The number of hydrogen-bond acceptors (Lipinski definition) is 6. The maximum Gasteiger partial charge on any atom is 0.292 e. The fourth-order valence-corrected chi connectivity index (χ4v) is 4.69. The molecule has 0 spiro atoms. The minimum Gasteiger partial charge on any atom is -0.319 e. The van der Waals surface area contributed by atoms with Crippen LogP contribution in [0.4, 0.5) is 11.4 Å². The van der Waals surface area contributed by atoms with Crippen molar-refractivity contribution in [2.45, 2.75) is 18.8 Å². The van der Waals surface area contributed by atoms with Crippen LogP contribution in [0.5, 0.6) is 0 Å². The van der Waals surface area contributed by atoms with E-state index in [0.717, 1.165) is 36.5 Å². The lowest BCUT2D eigenvalue weighted by Crippen LogP contribution is -2.39. The van der Waals surface area contributed by atoms with Gasteiger partial charge in [-0.05, 0) is 37.6 Å². The molecule has 0 saturated carbocycles. The van der Waals surface area contributed by atoms with Gasteiger partial charge in [-0.1, -0.05) is 24.3 Å². The van der Waals surface area contributed by atoms with Crippen LogP contribution in [0, 0.1) is 10.1 Å². The Labute approximate surface area is 166 Å². The number of piperidine rings is 1. The third-order valence-corrected chi connectivity index (χ3v) is 6.11. The fraction of sp³-hybridized carbons (Fsp3) is 0.300. The maximum absolute atomic E-state index is 12.5. The minimum atomic E-state index is -0.486. The summed E-state index contributed by atoms with van der Waals surface area (Å²) in [5.41, 5.74) is 1.16. The summed E-state index contributed by atoms with van der Waals surface area (Å²) in [5.74, 6) is 0.0734. The number of fused-ring (bicyclic) bond motifs is 1. The Balaban J connectivity index is 1.41. The number of anilines is 1. The van der Waals surface area contributed by atoms with Gasteiger partial charge in [0.15, 0.2) is 0 Å². The number of nitro groups is 1. The van der Waals surface area contributed by atoms with E-state index in [4.69, 9.17) is 4.98 Å². The lowest BCUT2D eigenvalue weighted by molar-refractivity contribution is -0.383. The molecule has 0 bridgehead atoms. The number of likely N-dealkylation sites (tertiary alicyclic amines) is 1. The third-order valence-electron chi connectivity index (χ3n) is 4.91. The summed E-state index contributed by atoms with van der Waals surface area (Å²) in [4.78, 5) is 29.9. The summed E-state index contributed by atoms with van der Waals surface area (Å²) in [6.45, 7) is 1.82. The second kappa shape index (κ2) is 8.04. The highest BCUT2D eigenvalue weighted by molar-refractivity contribution is 7.18. The second-order valence-electron chi connectivity index (χ2n) is 6.92. The molecule has 3 aromatic rings. The van der Waals surface area contributed by atoms with Crippen LogP contribution >= 0.6 is 11.3 Å². The van der Waals surface area contributed by atoms with Gasteiger partial charge >= 0.3 is 0 Å². The molecule has 0 radical (unpaired) electrons. The van der Waals surface area contributed by atoms with Crippen molar-refractivity contribution in [2.24, 2.45) is 0 Å². The lowest BCUT2D eigenvalue weighted by atomic mass is 9.99. The molecule has 144 valence electrons. The molecule has 8 heteroatoms. The Kier molecular flexibility index (Phi) is 5.31. The van der Waals surface area contributed by atoms with Crippen LogP contribution in [-0.4, -0.2) is 40.3 Å². The zero-order valence-electron chi connectivity index (χ0n) is 15.2. The van der Waals surface area contributed by atoms with E-state index in [1.807, 2.05) is 18.2 Å². The molecule has 1 fully saturated rings. The van der Waals surface area contributed by atoms with Crippen molar-refractivity contribution >= 4 is 38.8 Å². The molecular formula is C20H20N4O3S. The topological polar surface area (TPSA) is 88.4 Å². The number of benzene rings is 2. The van der Waals surface area contributed by atoms with Gasteiger partial charge in [-0.25, -0.2) is 4.98 Å². The van der Waals surface area contributed by atoms with Crippen LogP contribution in [0.15, 0.2) is 48.5 Å². The van der Waals surface area contributed by atoms with E-state index in [0.29, 0.717) is 5.92 Å². The molecule has 1 amide bonds. The van der Waals surface area contributed by atoms with Crippen molar-refractivity contribution in [3.8, 4) is 0 Å². The Bertz CT molecular complexity index is 986. The normalized spacial score (nSPS) is 17.5. The number of nitrogens with one attached hydrogen (secondary N) is 1. The molecule has 2 aromatic carbocycles. The minimum absolute atomic E-state index is 0.0955. The smallest absolute Gasteiger partial charge is 0.292 e. The van der Waals surface area contributed by atoms with Crippen LogP contribution in [0.1, 0.15) is 23.8 Å². The SMILES string of the molecule is O=C(CN1CCC[C@@H](c2nc3ccccc3s2)C1)Nc1ccccc1[N+](=O)[O-]. The van der Waals surface area contributed by atoms with E-state index in [-0.39, 0.29) is 23.8 Å². The molecule has 1 saturated heterocycles. The number of para-hydroxylation sites is 3. The van der Waals surface area contributed by atoms with Crippen molar-refractivity contribution < 1.29 is 9.72 Å². The van der Waals surface area contributed by atoms with Gasteiger partial charge in [0.2, 0.25) is 5.91 Å².